The number of halogens is 3. The van der Waals surface area contributed by atoms with Crippen molar-refractivity contribution >= 4 is 45.6 Å². The van der Waals surface area contributed by atoms with Crippen molar-refractivity contribution in [1.29, 1.82) is 0 Å². The summed E-state index contributed by atoms with van der Waals surface area (Å²) in [5.74, 6) is -0.123. The number of hydrogen-bond donors (Lipinski definition) is 2. The Morgan fingerprint density at radius 3 is 2.48 bits per heavy atom. The first kappa shape index (κ1) is 20.9. The summed E-state index contributed by atoms with van der Waals surface area (Å²) in [7, 11) is -1.77. The predicted octanol–water partition coefficient (Wildman–Crippen LogP) is 2.07. The third kappa shape index (κ3) is 8.83. The van der Waals surface area contributed by atoms with Gasteiger partial charge in [-0.3, -0.25) is 0 Å². The minimum atomic E-state index is -3.38. The summed E-state index contributed by atoms with van der Waals surface area (Å²) in [6, 6.07) is 4.78. The van der Waals surface area contributed by atoms with Crippen LogP contribution in [0.2, 0.25) is 10.0 Å². The molecule has 0 saturated heterocycles. The Bertz CT molecular complexity index is 526. The first-order valence-corrected chi connectivity index (χ1v) is 8.46. The quantitative estimate of drug-likeness (QED) is 0.647. The number of hydrogen-bond acceptors (Lipinski definition) is 4. The van der Waals surface area contributed by atoms with Crippen molar-refractivity contribution in [2.75, 3.05) is 33.4 Å². The first-order chi connectivity index (χ1) is 9.44. The summed E-state index contributed by atoms with van der Waals surface area (Å²) < 4.78 is 31.1. The van der Waals surface area contributed by atoms with Crippen LogP contribution in [0.15, 0.2) is 18.2 Å². The molecule has 0 saturated carbocycles. The van der Waals surface area contributed by atoms with Gasteiger partial charge in [-0.25, -0.2) is 13.1 Å². The molecule has 2 N–H and O–H groups in total. The van der Waals surface area contributed by atoms with Crippen molar-refractivity contribution in [1.82, 2.24) is 10.0 Å². The number of methoxy groups -OCH3 is 1. The highest BCUT2D eigenvalue weighted by atomic mass is 35.5. The lowest BCUT2D eigenvalue weighted by Gasteiger charge is -2.08. The molecule has 122 valence electrons. The zero-order valence-electron chi connectivity index (χ0n) is 11.6. The van der Waals surface area contributed by atoms with Gasteiger partial charge in [-0.1, -0.05) is 29.3 Å². The number of ether oxygens (including phenoxy) is 1. The van der Waals surface area contributed by atoms with Gasteiger partial charge in [0.1, 0.15) is 0 Å². The van der Waals surface area contributed by atoms with E-state index in [1.54, 1.807) is 25.3 Å². The van der Waals surface area contributed by atoms with Crippen molar-refractivity contribution in [3.05, 3.63) is 33.8 Å². The highest BCUT2D eigenvalue weighted by molar-refractivity contribution is 7.88. The molecular weight excluding hydrogens is 359 g/mol. The van der Waals surface area contributed by atoms with Crippen LogP contribution in [-0.2, 0) is 20.5 Å². The van der Waals surface area contributed by atoms with E-state index in [0.29, 0.717) is 41.8 Å². The van der Waals surface area contributed by atoms with Crippen LogP contribution in [0.1, 0.15) is 5.56 Å². The van der Waals surface area contributed by atoms with Crippen molar-refractivity contribution < 1.29 is 13.2 Å². The second-order valence-corrected chi connectivity index (χ2v) is 6.77. The van der Waals surface area contributed by atoms with Gasteiger partial charge in [-0.15, -0.1) is 12.4 Å². The molecule has 0 bridgehead atoms. The van der Waals surface area contributed by atoms with Crippen molar-refractivity contribution in [3.63, 3.8) is 0 Å². The van der Waals surface area contributed by atoms with E-state index in [1.165, 1.54) is 0 Å². The number of benzene rings is 1. The van der Waals surface area contributed by atoms with Gasteiger partial charge in [-0.2, -0.15) is 0 Å². The molecule has 0 fully saturated rings. The van der Waals surface area contributed by atoms with E-state index in [4.69, 9.17) is 27.9 Å². The monoisotopic (exact) mass is 376 g/mol. The number of nitrogens with one attached hydrogen (secondary N) is 2. The fourth-order valence-electron chi connectivity index (χ4n) is 1.49. The molecule has 0 heterocycles. The minimum absolute atomic E-state index is 0. The fourth-order valence-corrected chi connectivity index (χ4v) is 2.95. The van der Waals surface area contributed by atoms with Crippen LogP contribution in [0.4, 0.5) is 0 Å². The van der Waals surface area contributed by atoms with Crippen LogP contribution < -0.4 is 10.0 Å². The molecule has 0 atom stereocenters. The summed E-state index contributed by atoms with van der Waals surface area (Å²) in [4.78, 5) is 0. The van der Waals surface area contributed by atoms with Crippen LogP contribution in [0.25, 0.3) is 0 Å². The number of rotatable bonds is 9. The van der Waals surface area contributed by atoms with Crippen LogP contribution in [0, 0.1) is 0 Å². The van der Waals surface area contributed by atoms with E-state index < -0.39 is 10.0 Å². The van der Waals surface area contributed by atoms with E-state index in [9.17, 15) is 8.42 Å². The molecule has 0 spiro atoms. The summed E-state index contributed by atoms with van der Waals surface area (Å²) >= 11 is 11.6. The summed E-state index contributed by atoms with van der Waals surface area (Å²) in [6.45, 7) is 2.15. The maximum Gasteiger partial charge on any atom is 0.215 e. The predicted molar refractivity (Wildman–Crippen MR) is 89.1 cm³/mol. The Morgan fingerprint density at radius 2 is 1.86 bits per heavy atom. The average Bonchev–Trinajstić information content (AvgIpc) is 2.38. The normalized spacial score (nSPS) is 11.2. The molecule has 9 heteroatoms. The largest absolute Gasteiger partial charge is 0.383 e. The fraction of sp³-hybridized carbons (Fsp3) is 0.500. The van der Waals surface area contributed by atoms with Crippen molar-refractivity contribution in [2.45, 2.75) is 5.75 Å². The molecule has 1 aromatic rings. The smallest absolute Gasteiger partial charge is 0.215 e. The molecule has 0 amide bonds. The van der Waals surface area contributed by atoms with Crippen molar-refractivity contribution in [2.24, 2.45) is 0 Å². The van der Waals surface area contributed by atoms with E-state index in [2.05, 4.69) is 10.0 Å². The molecule has 1 aromatic carbocycles. The zero-order chi connectivity index (χ0) is 15.0. The molecule has 0 unspecified atom stereocenters. The van der Waals surface area contributed by atoms with Gasteiger partial charge in [0.2, 0.25) is 10.0 Å². The lowest BCUT2D eigenvalue weighted by molar-refractivity contribution is 0.199. The molecule has 0 aromatic heterocycles. The molecular formula is C12H19Cl3N2O3S. The third-order valence-electron chi connectivity index (χ3n) is 2.45. The molecule has 0 aliphatic rings. The molecule has 5 nitrogen and oxygen atoms in total. The summed E-state index contributed by atoms with van der Waals surface area (Å²) in [6.07, 6.45) is 0. The van der Waals surface area contributed by atoms with Crippen LogP contribution in [-0.4, -0.2) is 41.8 Å². The van der Waals surface area contributed by atoms with Gasteiger partial charge < -0.3 is 10.1 Å². The van der Waals surface area contributed by atoms with Crippen LogP contribution in [0.5, 0.6) is 0 Å². The molecule has 1 rings (SSSR count). The van der Waals surface area contributed by atoms with Crippen LogP contribution in [0.3, 0.4) is 0 Å². The van der Waals surface area contributed by atoms with E-state index in [-0.39, 0.29) is 18.2 Å². The molecule has 21 heavy (non-hydrogen) atoms. The van der Waals surface area contributed by atoms with Gasteiger partial charge >= 0.3 is 0 Å². The first-order valence-electron chi connectivity index (χ1n) is 6.05. The lowest BCUT2D eigenvalue weighted by atomic mass is 10.2. The van der Waals surface area contributed by atoms with E-state index in [1.807, 2.05) is 0 Å². The number of sulfonamides is 1. The Hall–Kier alpha value is -0.0800. The summed E-state index contributed by atoms with van der Waals surface area (Å²) in [5, 5.41) is 3.80. The molecule has 0 aliphatic heterocycles. The van der Waals surface area contributed by atoms with E-state index >= 15 is 0 Å². The lowest BCUT2D eigenvalue weighted by Crippen LogP contribution is -2.33. The second kappa shape index (κ2) is 10.6. The van der Waals surface area contributed by atoms with Crippen LogP contribution >= 0.6 is 35.6 Å². The average molecular weight is 378 g/mol. The molecule has 0 aliphatic carbocycles. The van der Waals surface area contributed by atoms with Gasteiger partial charge in [0, 0.05) is 26.7 Å². The highest BCUT2D eigenvalue weighted by Crippen LogP contribution is 2.23. The minimum Gasteiger partial charge on any atom is -0.383 e. The molecule has 0 radical (unpaired) electrons. The Labute approximate surface area is 141 Å². The SMILES string of the molecule is COCCNCCNS(=O)(=O)Cc1ccc(Cl)c(Cl)c1.Cl. The standard InChI is InChI=1S/C12H18Cl2N2O3S.ClH/c1-19-7-6-15-4-5-16-20(17,18)9-10-2-3-11(13)12(14)8-10;/h2-3,8,15-16H,4-7,9H2,1H3;1H. The topological polar surface area (TPSA) is 67.4 Å². The Balaban J connectivity index is 0.00000400. The van der Waals surface area contributed by atoms with Gasteiger partial charge in [-0.05, 0) is 17.7 Å². The van der Waals surface area contributed by atoms with Gasteiger partial charge in [0.15, 0.2) is 0 Å². The maximum absolute atomic E-state index is 11.8. The van der Waals surface area contributed by atoms with Gasteiger partial charge in [0.25, 0.3) is 0 Å². The second-order valence-electron chi connectivity index (χ2n) is 4.14. The zero-order valence-corrected chi connectivity index (χ0v) is 14.7. The van der Waals surface area contributed by atoms with E-state index in [0.717, 1.165) is 0 Å². The van der Waals surface area contributed by atoms with Gasteiger partial charge in [0.05, 0.1) is 22.4 Å². The Kier molecular flexibility index (Phi) is 10.6. The summed E-state index contributed by atoms with van der Waals surface area (Å²) in [5.41, 5.74) is 0.597. The third-order valence-corrected chi connectivity index (χ3v) is 4.54. The van der Waals surface area contributed by atoms with Crippen molar-refractivity contribution in [3.8, 4) is 0 Å². The Morgan fingerprint density at radius 1 is 1.14 bits per heavy atom. The highest BCUT2D eigenvalue weighted by Gasteiger charge is 2.11. The maximum atomic E-state index is 11.8.